The number of hydrogen-bond acceptors (Lipinski definition) is 3. The van der Waals surface area contributed by atoms with Gasteiger partial charge in [0.25, 0.3) is 5.69 Å². The Labute approximate surface area is 99.7 Å². The van der Waals surface area contributed by atoms with E-state index in [0.29, 0.717) is 12.5 Å². The van der Waals surface area contributed by atoms with Crippen LogP contribution in [0.4, 0.5) is 5.69 Å². The highest BCUT2D eigenvalue weighted by Gasteiger charge is 2.04. The highest BCUT2D eigenvalue weighted by Crippen LogP contribution is 2.13. The Morgan fingerprint density at radius 2 is 2.35 bits per heavy atom. The molecule has 92 valence electrons. The number of benzene rings is 1. The Morgan fingerprint density at radius 1 is 1.59 bits per heavy atom. The molecule has 0 aromatic heterocycles. The van der Waals surface area contributed by atoms with Gasteiger partial charge in [0.2, 0.25) is 0 Å². The van der Waals surface area contributed by atoms with Crippen molar-refractivity contribution in [3.63, 3.8) is 0 Å². The molecule has 0 aliphatic carbocycles. The van der Waals surface area contributed by atoms with Gasteiger partial charge in [-0.3, -0.25) is 10.1 Å². The van der Waals surface area contributed by atoms with Gasteiger partial charge in [0.1, 0.15) is 0 Å². The van der Waals surface area contributed by atoms with Gasteiger partial charge in [0.15, 0.2) is 5.96 Å². The SMILES string of the molecule is CCCNC(N)=NCc1cccc([N+](=O)[O-])c1. The molecule has 0 saturated heterocycles. The zero-order chi connectivity index (χ0) is 12.7. The van der Waals surface area contributed by atoms with Gasteiger partial charge >= 0.3 is 0 Å². The van der Waals surface area contributed by atoms with Gasteiger partial charge in [0, 0.05) is 18.7 Å². The number of hydrogen-bond donors (Lipinski definition) is 2. The van der Waals surface area contributed by atoms with Crippen LogP contribution in [-0.4, -0.2) is 17.4 Å². The van der Waals surface area contributed by atoms with Crippen LogP contribution in [-0.2, 0) is 6.54 Å². The van der Waals surface area contributed by atoms with Gasteiger partial charge in [-0.25, -0.2) is 4.99 Å². The molecule has 0 aliphatic heterocycles. The van der Waals surface area contributed by atoms with E-state index in [-0.39, 0.29) is 5.69 Å². The molecule has 1 aromatic rings. The van der Waals surface area contributed by atoms with Gasteiger partial charge < -0.3 is 11.1 Å². The fourth-order valence-corrected chi connectivity index (χ4v) is 1.25. The molecule has 0 spiro atoms. The topological polar surface area (TPSA) is 93.5 Å². The number of nitro groups is 1. The van der Waals surface area contributed by atoms with Crippen molar-refractivity contribution < 1.29 is 4.92 Å². The zero-order valence-corrected chi connectivity index (χ0v) is 9.72. The molecule has 1 rings (SSSR count). The predicted molar refractivity (Wildman–Crippen MR) is 66.7 cm³/mol. The lowest BCUT2D eigenvalue weighted by molar-refractivity contribution is -0.384. The minimum atomic E-state index is -0.425. The third-order valence-electron chi connectivity index (χ3n) is 2.11. The highest BCUT2D eigenvalue weighted by atomic mass is 16.6. The van der Waals surface area contributed by atoms with Crippen molar-refractivity contribution >= 4 is 11.6 Å². The molecule has 0 heterocycles. The number of nitrogens with two attached hydrogens (primary N) is 1. The Morgan fingerprint density at radius 3 is 3.00 bits per heavy atom. The summed E-state index contributed by atoms with van der Waals surface area (Å²) < 4.78 is 0. The van der Waals surface area contributed by atoms with Gasteiger partial charge in [-0.05, 0) is 12.0 Å². The minimum absolute atomic E-state index is 0.0674. The summed E-state index contributed by atoms with van der Waals surface area (Å²) >= 11 is 0. The van der Waals surface area contributed by atoms with E-state index in [1.54, 1.807) is 12.1 Å². The maximum atomic E-state index is 10.6. The molecule has 6 heteroatoms. The van der Waals surface area contributed by atoms with E-state index in [9.17, 15) is 10.1 Å². The normalized spacial score (nSPS) is 11.2. The fourth-order valence-electron chi connectivity index (χ4n) is 1.25. The number of nitrogens with zero attached hydrogens (tertiary/aromatic N) is 2. The molecule has 0 amide bonds. The van der Waals surface area contributed by atoms with Crippen molar-refractivity contribution in [1.82, 2.24) is 5.32 Å². The van der Waals surface area contributed by atoms with Crippen molar-refractivity contribution in [3.05, 3.63) is 39.9 Å². The molecule has 17 heavy (non-hydrogen) atoms. The fraction of sp³-hybridized carbons (Fsp3) is 0.364. The molecule has 3 N–H and O–H groups in total. The van der Waals surface area contributed by atoms with E-state index < -0.39 is 4.92 Å². The van der Waals surface area contributed by atoms with Crippen molar-refractivity contribution in [2.24, 2.45) is 10.7 Å². The van der Waals surface area contributed by atoms with Crippen LogP contribution < -0.4 is 11.1 Å². The summed E-state index contributed by atoms with van der Waals surface area (Å²) in [5.74, 6) is 0.360. The molecule has 0 atom stereocenters. The first-order valence-corrected chi connectivity index (χ1v) is 5.40. The maximum Gasteiger partial charge on any atom is 0.269 e. The van der Waals surface area contributed by atoms with Crippen LogP contribution in [0.25, 0.3) is 0 Å². The van der Waals surface area contributed by atoms with E-state index in [1.165, 1.54) is 12.1 Å². The molecule has 0 bridgehead atoms. The van der Waals surface area contributed by atoms with Crippen LogP contribution in [0.3, 0.4) is 0 Å². The second kappa shape index (κ2) is 6.47. The molecule has 0 fully saturated rings. The molecular weight excluding hydrogens is 220 g/mol. The summed E-state index contributed by atoms with van der Waals surface area (Å²) in [6, 6.07) is 6.37. The van der Waals surface area contributed by atoms with Crippen molar-refractivity contribution in [1.29, 1.82) is 0 Å². The third-order valence-corrected chi connectivity index (χ3v) is 2.11. The van der Waals surface area contributed by atoms with Gasteiger partial charge in [-0.1, -0.05) is 19.1 Å². The lowest BCUT2D eigenvalue weighted by atomic mass is 10.2. The quantitative estimate of drug-likeness (QED) is 0.350. The second-order valence-electron chi connectivity index (χ2n) is 3.56. The standard InChI is InChI=1S/C11H16N4O2/c1-2-6-13-11(12)14-8-9-4-3-5-10(7-9)15(16)17/h3-5,7H,2,6,8H2,1H3,(H3,12,13,14). The molecule has 0 aliphatic rings. The van der Waals surface area contributed by atoms with E-state index in [0.717, 1.165) is 18.5 Å². The average molecular weight is 236 g/mol. The number of aliphatic imine (C=N–C) groups is 1. The van der Waals surface area contributed by atoms with E-state index >= 15 is 0 Å². The summed E-state index contributed by atoms with van der Waals surface area (Å²) in [6.45, 7) is 3.13. The second-order valence-corrected chi connectivity index (χ2v) is 3.56. The number of nitro benzene ring substituents is 1. The van der Waals surface area contributed by atoms with Gasteiger partial charge in [-0.15, -0.1) is 0 Å². The molecule has 0 radical (unpaired) electrons. The Balaban J connectivity index is 2.62. The molecular formula is C11H16N4O2. The number of rotatable bonds is 5. The van der Waals surface area contributed by atoms with Crippen molar-refractivity contribution in [2.75, 3.05) is 6.54 Å². The average Bonchev–Trinajstić information content (AvgIpc) is 2.34. The monoisotopic (exact) mass is 236 g/mol. The summed E-state index contributed by atoms with van der Waals surface area (Å²) in [6.07, 6.45) is 0.965. The summed E-state index contributed by atoms with van der Waals surface area (Å²) in [4.78, 5) is 14.2. The van der Waals surface area contributed by atoms with Gasteiger partial charge in [-0.2, -0.15) is 0 Å². The predicted octanol–water partition coefficient (Wildman–Crippen LogP) is 1.41. The molecule has 6 nitrogen and oxygen atoms in total. The van der Waals surface area contributed by atoms with Crippen LogP contribution >= 0.6 is 0 Å². The van der Waals surface area contributed by atoms with E-state index in [2.05, 4.69) is 10.3 Å². The van der Waals surface area contributed by atoms with Gasteiger partial charge in [0.05, 0.1) is 11.5 Å². The number of nitrogens with one attached hydrogen (secondary N) is 1. The van der Waals surface area contributed by atoms with Crippen molar-refractivity contribution in [2.45, 2.75) is 19.9 Å². The number of guanidine groups is 1. The maximum absolute atomic E-state index is 10.6. The van der Waals surface area contributed by atoms with Crippen LogP contribution in [0.1, 0.15) is 18.9 Å². The first-order chi connectivity index (χ1) is 8.13. The van der Waals surface area contributed by atoms with Crippen LogP contribution in [0.5, 0.6) is 0 Å². The van der Waals surface area contributed by atoms with Crippen LogP contribution in [0.15, 0.2) is 29.3 Å². The highest BCUT2D eigenvalue weighted by molar-refractivity contribution is 5.77. The smallest absolute Gasteiger partial charge is 0.269 e. The lowest BCUT2D eigenvalue weighted by Gasteiger charge is -2.03. The molecule has 0 saturated carbocycles. The number of non-ortho nitro benzene ring substituents is 1. The largest absolute Gasteiger partial charge is 0.370 e. The van der Waals surface area contributed by atoms with E-state index in [4.69, 9.17) is 5.73 Å². The van der Waals surface area contributed by atoms with Crippen LogP contribution in [0.2, 0.25) is 0 Å². The third kappa shape index (κ3) is 4.50. The molecule has 1 aromatic carbocycles. The molecule has 0 unspecified atom stereocenters. The Bertz CT molecular complexity index is 418. The first kappa shape index (κ1) is 13.0. The summed E-state index contributed by atoms with van der Waals surface area (Å²) in [7, 11) is 0. The Kier molecular flexibility index (Phi) is 4.93. The minimum Gasteiger partial charge on any atom is -0.370 e. The summed E-state index contributed by atoms with van der Waals surface area (Å²) in [5.41, 5.74) is 6.44. The van der Waals surface area contributed by atoms with E-state index in [1.807, 2.05) is 6.92 Å². The summed E-state index contributed by atoms with van der Waals surface area (Å²) in [5, 5.41) is 13.5. The zero-order valence-electron chi connectivity index (χ0n) is 9.72. The first-order valence-electron chi connectivity index (χ1n) is 5.40. The Hall–Kier alpha value is -2.11. The van der Waals surface area contributed by atoms with Crippen molar-refractivity contribution in [3.8, 4) is 0 Å². The van der Waals surface area contributed by atoms with Crippen LogP contribution in [0, 0.1) is 10.1 Å². The lowest BCUT2D eigenvalue weighted by Crippen LogP contribution is -2.32.